The molecule has 1 aromatic carbocycles. The second-order valence-electron chi connectivity index (χ2n) is 4.60. The predicted molar refractivity (Wildman–Crippen MR) is 66.5 cm³/mol. The number of nitrogens with two attached hydrogens (primary N) is 1. The van der Waals surface area contributed by atoms with Gasteiger partial charge in [0.05, 0.1) is 0 Å². The number of amides is 2. The Kier molecular flexibility index (Phi) is 3.56. The third-order valence-electron chi connectivity index (χ3n) is 3.12. The van der Waals surface area contributed by atoms with Crippen LogP contribution in [-0.4, -0.2) is 29.3 Å². The van der Waals surface area contributed by atoms with Crippen LogP contribution in [-0.2, 0) is 4.79 Å². The zero-order chi connectivity index (χ0) is 13.2. The Morgan fingerprint density at radius 3 is 2.24 bits per heavy atom. The van der Waals surface area contributed by atoms with Crippen molar-refractivity contribution in [2.24, 2.45) is 5.73 Å². The van der Waals surface area contributed by atoms with E-state index in [2.05, 4.69) is 0 Å². The summed E-state index contributed by atoms with van der Waals surface area (Å²) in [5, 5.41) is 0. The predicted octanol–water partition coefficient (Wildman–Crippen LogP) is 1.33. The normalized spacial score (nSPS) is 11.1. The number of hydrogen-bond donors (Lipinski definition) is 1. The molecule has 0 aliphatic rings. The van der Waals surface area contributed by atoms with Gasteiger partial charge in [0, 0.05) is 12.6 Å². The third kappa shape index (κ3) is 2.46. The van der Waals surface area contributed by atoms with Gasteiger partial charge in [-0.2, -0.15) is 0 Å². The Bertz CT molecular complexity index is 452. The number of primary amides is 1. The molecule has 2 N–H and O–H groups in total. The van der Waals surface area contributed by atoms with Crippen LogP contribution in [0.3, 0.4) is 0 Å². The lowest BCUT2D eigenvalue weighted by atomic mass is 10.00. The van der Waals surface area contributed by atoms with E-state index in [1.807, 2.05) is 19.1 Å². The standard InChI is InChI=1S/C13H18N2O2/c1-9-7-5-6-8-10(9)11(16)15(4)13(2,3)12(14)17/h5-8H,1-4H3,(H2,14,17). The van der Waals surface area contributed by atoms with Gasteiger partial charge in [-0.05, 0) is 32.4 Å². The molecule has 0 radical (unpaired) electrons. The second-order valence-corrected chi connectivity index (χ2v) is 4.60. The molecule has 0 bridgehead atoms. The lowest BCUT2D eigenvalue weighted by Crippen LogP contribution is -2.53. The molecule has 0 heterocycles. The summed E-state index contributed by atoms with van der Waals surface area (Å²) in [7, 11) is 1.58. The molecule has 17 heavy (non-hydrogen) atoms. The van der Waals surface area contributed by atoms with Crippen molar-refractivity contribution >= 4 is 11.8 Å². The van der Waals surface area contributed by atoms with E-state index in [0.717, 1.165) is 5.56 Å². The van der Waals surface area contributed by atoms with E-state index in [-0.39, 0.29) is 5.91 Å². The van der Waals surface area contributed by atoms with Crippen LogP contribution in [0.25, 0.3) is 0 Å². The van der Waals surface area contributed by atoms with E-state index in [1.54, 1.807) is 33.0 Å². The fraction of sp³-hybridized carbons (Fsp3) is 0.385. The maximum Gasteiger partial charge on any atom is 0.254 e. The van der Waals surface area contributed by atoms with Crippen LogP contribution in [0.2, 0.25) is 0 Å². The topological polar surface area (TPSA) is 63.4 Å². The van der Waals surface area contributed by atoms with E-state index >= 15 is 0 Å². The maximum atomic E-state index is 12.2. The summed E-state index contributed by atoms with van der Waals surface area (Å²) in [5.41, 5.74) is 5.76. The smallest absolute Gasteiger partial charge is 0.254 e. The van der Waals surface area contributed by atoms with Crippen molar-refractivity contribution in [3.05, 3.63) is 35.4 Å². The van der Waals surface area contributed by atoms with Crippen LogP contribution in [0.15, 0.2) is 24.3 Å². The molecule has 0 aromatic heterocycles. The Labute approximate surface area is 101 Å². The van der Waals surface area contributed by atoms with Crippen LogP contribution in [0.1, 0.15) is 29.8 Å². The Balaban J connectivity index is 3.07. The van der Waals surface area contributed by atoms with Crippen LogP contribution < -0.4 is 5.73 Å². The minimum Gasteiger partial charge on any atom is -0.368 e. The zero-order valence-electron chi connectivity index (χ0n) is 10.7. The van der Waals surface area contributed by atoms with Gasteiger partial charge in [0.15, 0.2) is 0 Å². The number of likely N-dealkylation sites (N-methyl/N-ethyl adjacent to an activating group) is 1. The molecule has 4 heteroatoms. The van der Waals surface area contributed by atoms with Crippen molar-refractivity contribution in [3.8, 4) is 0 Å². The highest BCUT2D eigenvalue weighted by atomic mass is 16.2. The molecule has 0 aliphatic heterocycles. The summed E-state index contributed by atoms with van der Waals surface area (Å²) in [5.74, 6) is -0.728. The Morgan fingerprint density at radius 2 is 1.76 bits per heavy atom. The van der Waals surface area contributed by atoms with Gasteiger partial charge >= 0.3 is 0 Å². The van der Waals surface area contributed by atoms with Crippen LogP contribution >= 0.6 is 0 Å². The summed E-state index contributed by atoms with van der Waals surface area (Å²) < 4.78 is 0. The molecular formula is C13H18N2O2. The molecule has 0 spiro atoms. The van der Waals surface area contributed by atoms with Crippen molar-refractivity contribution in [2.75, 3.05) is 7.05 Å². The lowest BCUT2D eigenvalue weighted by Gasteiger charge is -2.33. The molecule has 92 valence electrons. The molecule has 0 unspecified atom stereocenters. The molecule has 1 rings (SSSR count). The Morgan fingerprint density at radius 1 is 1.24 bits per heavy atom. The first-order valence-corrected chi connectivity index (χ1v) is 5.42. The SMILES string of the molecule is Cc1ccccc1C(=O)N(C)C(C)(C)C(N)=O. The van der Waals surface area contributed by atoms with E-state index in [0.29, 0.717) is 5.56 Å². The largest absolute Gasteiger partial charge is 0.368 e. The van der Waals surface area contributed by atoms with Crippen molar-refractivity contribution in [2.45, 2.75) is 26.3 Å². The van der Waals surface area contributed by atoms with Gasteiger partial charge in [0.2, 0.25) is 5.91 Å². The maximum absolute atomic E-state index is 12.2. The fourth-order valence-electron chi connectivity index (χ4n) is 1.41. The number of aryl methyl sites for hydroxylation is 1. The minimum absolute atomic E-state index is 0.202. The van der Waals surface area contributed by atoms with Gasteiger partial charge in [-0.1, -0.05) is 18.2 Å². The molecule has 0 atom stereocenters. The van der Waals surface area contributed by atoms with Gasteiger partial charge in [-0.3, -0.25) is 9.59 Å². The van der Waals surface area contributed by atoms with Crippen molar-refractivity contribution in [1.29, 1.82) is 0 Å². The summed E-state index contributed by atoms with van der Waals surface area (Å²) >= 11 is 0. The first-order valence-electron chi connectivity index (χ1n) is 5.42. The number of benzene rings is 1. The average molecular weight is 234 g/mol. The molecular weight excluding hydrogens is 216 g/mol. The molecule has 0 saturated heterocycles. The minimum atomic E-state index is -1.00. The van der Waals surface area contributed by atoms with E-state index in [9.17, 15) is 9.59 Å². The molecule has 0 saturated carbocycles. The van der Waals surface area contributed by atoms with Gasteiger partial charge < -0.3 is 10.6 Å². The monoisotopic (exact) mass is 234 g/mol. The molecule has 0 fully saturated rings. The summed E-state index contributed by atoms with van der Waals surface area (Å²) in [6.07, 6.45) is 0. The summed E-state index contributed by atoms with van der Waals surface area (Å²) in [6.45, 7) is 5.12. The second kappa shape index (κ2) is 4.57. The number of rotatable bonds is 3. The third-order valence-corrected chi connectivity index (χ3v) is 3.12. The highest BCUT2D eigenvalue weighted by Crippen LogP contribution is 2.17. The van der Waals surface area contributed by atoms with Crippen molar-refractivity contribution in [1.82, 2.24) is 4.90 Å². The fourth-order valence-corrected chi connectivity index (χ4v) is 1.41. The quantitative estimate of drug-likeness (QED) is 0.857. The number of carbonyl (C=O) groups is 2. The Hall–Kier alpha value is -1.84. The lowest BCUT2D eigenvalue weighted by molar-refractivity contribution is -0.126. The number of nitrogens with zero attached hydrogens (tertiary/aromatic N) is 1. The molecule has 1 aromatic rings. The van der Waals surface area contributed by atoms with Gasteiger partial charge in [0.1, 0.15) is 5.54 Å². The van der Waals surface area contributed by atoms with E-state index in [4.69, 9.17) is 5.73 Å². The summed E-state index contributed by atoms with van der Waals surface area (Å²) in [6, 6.07) is 7.26. The average Bonchev–Trinajstić information content (AvgIpc) is 2.27. The molecule has 4 nitrogen and oxygen atoms in total. The highest BCUT2D eigenvalue weighted by molar-refractivity contribution is 5.99. The molecule has 0 aliphatic carbocycles. The summed E-state index contributed by atoms with van der Waals surface area (Å²) in [4.78, 5) is 24.9. The van der Waals surface area contributed by atoms with Crippen molar-refractivity contribution in [3.63, 3.8) is 0 Å². The van der Waals surface area contributed by atoms with Gasteiger partial charge in [-0.15, -0.1) is 0 Å². The highest BCUT2D eigenvalue weighted by Gasteiger charge is 2.34. The molecule has 2 amide bonds. The number of carbonyl (C=O) groups excluding carboxylic acids is 2. The van der Waals surface area contributed by atoms with Crippen LogP contribution in [0, 0.1) is 6.92 Å². The number of hydrogen-bond acceptors (Lipinski definition) is 2. The first-order chi connectivity index (χ1) is 7.78. The van der Waals surface area contributed by atoms with Gasteiger partial charge in [-0.25, -0.2) is 0 Å². The first kappa shape index (κ1) is 13.2. The van der Waals surface area contributed by atoms with E-state index in [1.165, 1.54) is 4.90 Å². The van der Waals surface area contributed by atoms with E-state index < -0.39 is 11.4 Å². The zero-order valence-corrected chi connectivity index (χ0v) is 10.7. The van der Waals surface area contributed by atoms with Crippen molar-refractivity contribution < 1.29 is 9.59 Å². The van der Waals surface area contributed by atoms with Crippen LogP contribution in [0.4, 0.5) is 0 Å². The van der Waals surface area contributed by atoms with Crippen LogP contribution in [0.5, 0.6) is 0 Å². The van der Waals surface area contributed by atoms with Gasteiger partial charge in [0.25, 0.3) is 5.91 Å².